The molecule has 0 aromatic carbocycles. The number of hydrogen-bond donors (Lipinski definition) is 2. The van der Waals surface area contributed by atoms with E-state index in [0.29, 0.717) is 12.2 Å². The summed E-state index contributed by atoms with van der Waals surface area (Å²) in [6.45, 7) is -0.0767. The van der Waals surface area contributed by atoms with Crippen LogP contribution in [0.15, 0.2) is 18.3 Å². The second-order valence-electron chi connectivity index (χ2n) is 4.61. The Kier molecular flexibility index (Phi) is 4.24. The zero-order chi connectivity index (χ0) is 14.8. The smallest absolute Gasteiger partial charge is 0.387 e. The van der Waals surface area contributed by atoms with Gasteiger partial charge in [-0.2, -0.15) is 24.9 Å². The highest BCUT2D eigenvalue weighted by Crippen LogP contribution is 2.31. The van der Waals surface area contributed by atoms with Crippen LogP contribution in [0.5, 0.6) is 0 Å². The molecule has 1 atom stereocenters. The minimum absolute atomic E-state index is 0.0767. The van der Waals surface area contributed by atoms with Crippen molar-refractivity contribution in [2.45, 2.75) is 18.2 Å². The van der Waals surface area contributed by atoms with E-state index in [1.807, 2.05) is 0 Å². The van der Waals surface area contributed by atoms with Crippen LogP contribution in [0.1, 0.15) is 22.5 Å². The van der Waals surface area contributed by atoms with E-state index in [0.717, 1.165) is 24.1 Å². The van der Waals surface area contributed by atoms with E-state index < -0.39 is 28.9 Å². The van der Waals surface area contributed by atoms with Crippen LogP contribution in [-0.4, -0.2) is 39.6 Å². The zero-order valence-corrected chi connectivity index (χ0v) is 11.2. The fourth-order valence-corrected chi connectivity index (χ4v) is 3.17. The second kappa shape index (κ2) is 5.61. The van der Waals surface area contributed by atoms with E-state index in [-0.39, 0.29) is 6.54 Å². The highest BCUT2D eigenvalue weighted by atomic mass is 32.2. The molecule has 1 aliphatic rings. The van der Waals surface area contributed by atoms with E-state index in [2.05, 4.69) is 10.3 Å². The molecule has 1 amide bonds. The Morgan fingerprint density at radius 2 is 2.30 bits per heavy atom. The number of pyridine rings is 1. The van der Waals surface area contributed by atoms with E-state index in [1.165, 1.54) is 11.8 Å². The van der Waals surface area contributed by atoms with Crippen molar-refractivity contribution >= 4 is 17.7 Å². The summed E-state index contributed by atoms with van der Waals surface area (Å²) in [5.74, 6) is 0.300. The molecule has 0 aliphatic carbocycles. The first-order valence-corrected chi connectivity index (χ1v) is 7.08. The van der Waals surface area contributed by atoms with E-state index >= 15 is 0 Å². The Balaban J connectivity index is 2.10. The summed E-state index contributed by atoms with van der Waals surface area (Å²) < 4.78 is 38.3. The average molecular weight is 306 g/mol. The number of hydrogen-bond acceptors (Lipinski definition) is 4. The molecule has 1 saturated heterocycles. The highest BCUT2D eigenvalue weighted by molar-refractivity contribution is 7.99. The Morgan fingerprint density at radius 3 is 2.90 bits per heavy atom. The molecule has 0 radical (unpaired) electrons. The quantitative estimate of drug-likeness (QED) is 0.892. The maximum atomic E-state index is 12.8. The van der Waals surface area contributed by atoms with Gasteiger partial charge in [0.1, 0.15) is 5.69 Å². The van der Waals surface area contributed by atoms with E-state index in [9.17, 15) is 23.1 Å². The fraction of sp³-hybridized carbons (Fsp3) is 0.500. The van der Waals surface area contributed by atoms with Crippen molar-refractivity contribution in [2.75, 3.05) is 18.1 Å². The zero-order valence-electron chi connectivity index (χ0n) is 10.4. The van der Waals surface area contributed by atoms with Gasteiger partial charge in [-0.15, -0.1) is 0 Å². The fourth-order valence-electron chi connectivity index (χ4n) is 1.88. The molecule has 0 saturated carbocycles. The van der Waals surface area contributed by atoms with E-state index in [1.54, 1.807) is 0 Å². The molecule has 8 heteroatoms. The molecule has 1 aromatic heterocycles. The van der Waals surface area contributed by atoms with Crippen LogP contribution in [0.4, 0.5) is 13.2 Å². The number of amides is 1. The lowest BCUT2D eigenvalue weighted by molar-refractivity contribution is -0.138. The molecule has 110 valence electrons. The van der Waals surface area contributed by atoms with Gasteiger partial charge in [-0.25, -0.2) is 0 Å². The van der Waals surface area contributed by atoms with Gasteiger partial charge >= 0.3 is 6.18 Å². The summed E-state index contributed by atoms with van der Waals surface area (Å²) in [7, 11) is 0. The molecular formula is C12H13F3N2O2S. The maximum absolute atomic E-state index is 12.8. The Labute approximate surface area is 117 Å². The standard InChI is InChI=1S/C12H13F3N2O2S/c13-12(14,15)8-2-1-4-16-9(8)10(18)17-6-11(19)3-5-20-7-11/h1-2,4,19H,3,5-7H2,(H,17,18). The van der Waals surface area contributed by atoms with Crippen LogP contribution in [0.3, 0.4) is 0 Å². The molecule has 2 N–H and O–H groups in total. The van der Waals surface area contributed by atoms with Gasteiger partial charge in [0.15, 0.2) is 0 Å². The average Bonchev–Trinajstić information content (AvgIpc) is 2.82. The number of aliphatic hydroxyl groups is 1. The first-order valence-electron chi connectivity index (χ1n) is 5.92. The normalized spacial score (nSPS) is 22.8. The van der Waals surface area contributed by atoms with Gasteiger partial charge in [0, 0.05) is 18.5 Å². The molecule has 0 spiro atoms. The van der Waals surface area contributed by atoms with Crippen LogP contribution in [0.25, 0.3) is 0 Å². The molecule has 1 unspecified atom stereocenters. The van der Waals surface area contributed by atoms with Crippen LogP contribution in [0, 0.1) is 0 Å². The van der Waals surface area contributed by atoms with Crippen molar-refractivity contribution in [3.63, 3.8) is 0 Å². The third-order valence-corrected chi connectivity index (χ3v) is 4.22. The van der Waals surface area contributed by atoms with Gasteiger partial charge in [-0.3, -0.25) is 9.78 Å². The Morgan fingerprint density at radius 1 is 1.55 bits per heavy atom. The number of halogens is 3. The second-order valence-corrected chi connectivity index (χ2v) is 5.71. The first-order chi connectivity index (χ1) is 9.32. The van der Waals surface area contributed by atoms with Crippen LogP contribution >= 0.6 is 11.8 Å². The highest BCUT2D eigenvalue weighted by Gasteiger charge is 2.37. The van der Waals surface area contributed by atoms with Crippen molar-refractivity contribution in [3.8, 4) is 0 Å². The summed E-state index contributed by atoms with van der Waals surface area (Å²) in [6.07, 6.45) is -3.00. The SMILES string of the molecule is O=C(NCC1(O)CCSC1)c1ncccc1C(F)(F)F. The number of rotatable bonds is 3. The lowest BCUT2D eigenvalue weighted by Crippen LogP contribution is -2.43. The largest absolute Gasteiger partial charge is 0.418 e. The summed E-state index contributed by atoms with van der Waals surface area (Å²) in [4.78, 5) is 15.3. The van der Waals surface area contributed by atoms with Crippen molar-refractivity contribution in [3.05, 3.63) is 29.6 Å². The Hall–Kier alpha value is -1.28. The van der Waals surface area contributed by atoms with Crippen LogP contribution < -0.4 is 5.32 Å². The molecular weight excluding hydrogens is 293 g/mol. The van der Waals surface area contributed by atoms with Crippen molar-refractivity contribution < 1.29 is 23.1 Å². The summed E-state index contributed by atoms with van der Waals surface area (Å²) in [5.41, 5.74) is -2.80. The first kappa shape index (κ1) is 15.1. The molecule has 4 nitrogen and oxygen atoms in total. The van der Waals surface area contributed by atoms with Gasteiger partial charge in [-0.05, 0) is 24.3 Å². The summed E-state index contributed by atoms with van der Waals surface area (Å²) in [5, 5.41) is 12.4. The van der Waals surface area contributed by atoms with Gasteiger partial charge < -0.3 is 10.4 Å². The molecule has 1 aliphatic heterocycles. The van der Waals surface area contributed by atoms with Crippen LogP contribution in [-0.2, 0) is 6.18 Å². The third-order valence-electron chi connectivity index (χ3n) is 2.99. The van der Waals surface area contributed by atoms with Gasteiger partial charge in [0.2, 0.25) is 0 Å². The monoisotopic (exact) mass is 306 g/mol. The summed E-state index contributed by atoms with van der Waals surface area (Å²) >= 11 is 1.54. The molecule has 0 bridgehead atoms. The van der Waals surface area contributed by atoms with Crippen molar-refractivity contribution in [1.82, 2.24) is 10.3 Å². The molecule has 20 heavy (non-hydrogen) atoms. The molecule has 1 fully saturated rings. The van der Waals surface area contributed by atoms with Gasteiger partial charge in [0.25, 0.3) is 5.91 Å². The number of thioether (sulfide) groups is 1. The predicted octanol–water partition coefficient (Wildman–Crippen LogP) is 1.70. The molecule has 1 aromatic rings. The number of alkyl halides is 3. The van der Waals surface area contributed by atoms with E-state index in [4.69, 9.17) is 0 Å². The number of carbonyl (C=O) groups excluding carboxylic acids is 1. The lowest BCUT2D eigenvalue weighted by atomic mass is 10.0. The lowest BCUT2D eigenvalue weighted by Gasteiger charge is -2.21. The van der Waals surface area contributed by atoms with Crippen molar-refractivity contribution in [2.24, 2.45) is 0 Å². The molecule has 2 rings (SSSR count). The van der Waals surface area contributed by atoms with Crippen molar-refractivity contribution in [1.29, 1.82) is 0 Å². The minimum atomic E-state index is -4.64. The van der Waals surface area contributed by atoms with Gasteiger partial charge in [-0.1, -0.05) is 0 Å². The van der Waals surface area contributed by atoms with Gasteiger partial charge in [0.05, 0.1) is 11.2 Å². The molecule has 2 heterocycles. The predicted molar refractivity (Wildman–Crippen MR) is 68.5 cm³/mol. The Bertz CT molecular complexity index is 502. The number of nitrogens with zero attached hydrogens (tertiary/aromatic N) is 1. The topological polar surface area (TPSA) is 62.2 Å². The number of nitrogens with one attached hydrogen (secondary N) is 1. The van der Waals surface area contributed by atoms with Crippen LogP contribution in [0.2, 0.25) is 0 Å². The third kappa shape index (κ3) is 3.43. The maximum Gasteiger partial charge on any atom is 0.418 e. The number of carbonyl (C=O) groups is 1. The summed E-state index contributed by atoms with van der Waals surface area (Å²) in [6, 6.07) is 1.93. The minimum Gasteiger partial charge on any atom is -0.387 e. The number of aromatic nitrogens is 1.